The summed E-state index contributed by atoms with van der Waals surface area (Å²) in [4.78, 5) is 16.4. The molecule has 0 aromatic rings. The molecule has 0 saturated carbocycles. The molecule has 1 rings (SSSR count). The van der Waals surface area contributed by atoms with Crippen LogP contribution in [0.2, 0.25) is 0 Å². The molecule has 1 unspecified atom stereocenters. The summed E-state index contributed by atoms with van der Waals surface area (Å²) in [7, 11) is 0. The second kappa shape index (κ2) is 5.47. The maximum absolute atomic E-state index is 11.4. The van der Waals surface area contributed by atoms with Gasteiger partial charge in [-0.15, -0.1) is 5.06 Å². The molecular weight excluding hydrogens is 214 g/mol. The number of hydrogen-bond acceptors (Lipinski definition) is 6. The SMILES string of the molecule is CC(C)(C)OC(=O)ON1CCOCC1CO. The molecule has 1 fully saturated rings. The van der Waals surface area contributed by atoms with Gasteiger partial charge in [-0.25, -0.2) is 4.79 Å². The van der Waals surface area contributed by atoms with E-state index < -0.39 is 11.8 Å². The van der Waals surface area contributed by atoms with Gasteiger partial charge >= 0.3 is 6.16 Å². The van der Waals surface area contributed by atoms with Crippen molar-refractivity contribution in [2.45, 2.75) is 32.4 Å². The van der Waals surface area contributed by atoms with Gasteiger partial charge in [0.25, 0.3) is 0 Å². The molecule has 0 spiro atoms. The predicted molar refractivity (Wildman–Crippen MR) is 55.7 cm³/mol. The molecule has 1 aliphatic rings. The summed E-state index contributed by atoms with van der Waals surface area (Å²) < 4.78 is 10.2. The lowest BCUT2D eigenvalue weighted by molar-refractivity contribution is -0.209. The van der Waals surface area contributed by atoms with Gasteiger partial charge in [0.05, 0.1) is 32.4 Å². The summed E-state index contributed by atoms with van der Waals surface area (Å²) in [6.07, 6.45) is -0.757. The Kier molecular flexibility index (Phi) is 4.52. The van der Waals surface area contributed by atoms with E-state index in [0.717, 1.165) is 0 Å². The summed E-state index contributed by atoms with van der Waals surface area (Å²) in [5, 5.41) is 10.5. The molecule has 1 aliphatic heterocycles. The first kappa shape index (κ1) is 13.2. The molecular formula is C10H19NO5. The predicted octanol–water partition coefficient (Wildman–Crippen LogP) is 0.546. The van der Waals surface area contributed by atoms with Crippen LogP contribution in [0.4, 0.5) is 4.79 Å². The highest BCUT2D eigenvalue weighted by Crippen LogP contribution is 2.12. The van der Waals surface area contributed by atoms with Gasteiger partial charge in [-0.1, -0.05) is 0 Å². The first-order valence-electron chi connectivity index (χ1n) is 5.28. The third-order valence-electron chi connectivity index (χ3n) is 1.97. The second-order valence-corrected chi connectivity index (χ2v) is 4.61. The van der Waals surface area contributed by atoms with Gasteiger partial charge in [-0.3, -0.25) is 0 Å². The molecule has 1 N–H and O–H groups in total. The number of rotatable bonds is 2. The van der Waals surface area contributed by atoms with E-state index in [1.807, 2.05) is 0 Å². The number of nitrogens with zero attached hydrogens (tertiary/aromatic N) is 1. The lowest BCUT2D eigenvalue weighted by atomic mass is 10.2. The van der Waals surface area contributed by atoms with E-state index in [2.05, 4.69) is 0 Å². The number of carbonyl (C=O) groups is 1. The first-order chi connectivity index (χ1) is 7.42. The van der Waals surface area contributed by atoms with Crippen molar-refractivity contribution in [1.82, 2.24) is 5.06 Å². The summed E-state index contributed by atoms with van der Waals surface area (Å²) in [5.74, 6) is 0. The van der Waals surface area contributed by atoms with Gasteiger partial charge in [0, 0.05) is 0 Å². The van der Waals surface area contributed by atoms with E-state index in [9.17, 15) is 4.79 Å². The first-order valence-corrected chi connectivity index (χ1v) is 5.28. The molecule has 0 radical (unpaired) electrons. The minimum absolute atomic E-state index is 0.122. The number of morpholine rings is 1. The van der Waals surface area contributed by atoms with Gasteiger partial charge in [-0.05, 0) is 20.8 Å². The van der Waals surface area contributed by atoms with Crippen molar-refractivity contribution in [3.63, 3.8) is 0 Å². The van der Waals surface area contributed by atoms with Gasteiger partial charge in [0.1, 0.15) is 5.60 Å². The lowest BCUT2D eigenvalue weighted by Gasteiger charge is -2.32. The van der Waals surface area contributed by atoms with Crippen LogP contribution in [0.25, 0.3) is 0 Å². The summed E-state index contributed by atoms with van der Waals surface area (Å²) >= 11 is 0. The zero-order chi connectivity index (χ0) is 12.2. The Morgan fingerprint density at radius 2 is 2.25 bits per heavy atom. The Morgan fingerprint density at radius 1 is 1.56 bits per heavy atom. The van der Waals surface area contributed by atoms with Crippen LogP contribution in [0.15, 0.2) is 0 Å². The van der Waals surface area contributed by atoms with Crippen molar-refractivity contribution in [2.24, 2.45) is 0 Å². The highest BCUT2D eigenvalue weighted by Gasteiger charge is 2.28. The van der Waals surface area contributed by atoms with Crippen LogP contribution < -0.4 is 0 Å². The molecule has 6 heteroatoms. The molecule has 0 aromatic carbocycles. The quantitative estimate of drug-likeness (QED) is 0.702. The zero-order valence-electron chi connectivity index (χ0n) is 9.93. The molecule has 1 heterocycles. The van der Waals surface area contributed by atoms with E-state index in [0.29, 0.717) is 19.8 Å². The van der Waals surface area contributed by atoms with Crippen LogP contribution in [0, 0.1) is 0 Å². The molecule has 1 atom stereocenters. The van der Waals surface area contributed by atoms with Crippen LogP contribution >= 0.6 is 0 Å². The maximum Gasteiger partial charge on any atom is 0.528 e. The summed E-state index contributed by atoms with van der Waals surface area (Å²) in [6, 6.07) is -0.318. The van der Waals surface area contributed by atoms with Crippen molar-refractivity contribution in [3.8, 4) is 0 Å². The normalized spacial score (nSPS) is 22.9. The molecule has 1 saturated heterocycles. The third kappa shape index (κ3) is 4.34. The molecule has 0 aliphatic carbocycles. The highest BCUT2D eigenvalue weighted by molar-refractivity contribution is 5.60. The van der Waals surface area contributed by atoms with Crippen molar-refractivity contribution < 1.29 is 24.2 Å². The Hall–Kier alpha value is -0.850. The minimum Gasteiger partial charge on any atom is -0.427 e. The van der Waals surface area contributed by atoms with Gasteiger partial charge in [-0.2, -0.15) is 0 Å². The summed E-state index contributed by atoms with van der Waals surface area (Å²) in [5.41, 5.74) is -0.585. The van der Waals surface area contributed by atoms with Crippen molar-refractivity contribution in [2.75, 3.05) is 26.4 Å². The van der Waals surface area contributed by atoms with Crippen molar-refractivity contribution in [3.05, 3.63) is 0 Å². The smallest absolute Gasteiger partial charge is 0.427 e. The fourth-order valence-corrected chi connectivity index (χ4v) is 1.27. The van der Waals surface area contributed by atoms with Crippen LogP contribution in [-0.4, -0.2) is 54.3 Å². The Balaban J connectivity index is 2.42. The van der Waals surface area contributed by atoms with Crippen molar-refractivity contribution >= 4 is 6.16 Å². The summed E-state index contributed by atoms with van der Waals surface area (Å²) in [6.45, 7) is 6.41. The van der Waals surface area contributed by atoms with E-state index in [-0.39, 0.29) is 12.6 Å². The lowest BCUT2D eigenvalue weighted by Crippen LogP contribution is -2.48. The van der Waals surface area contributed by atoms with E-state index in [4.69, 9.17) is 19.4 Å². The molecule has 16 heavy (non-hydrogen) atoms. The zero-order valence-corrected chi connectivity index (χ0v) is 9.93. The van der Waals surface area contributed by atoms with E-state index in [1.54, 1.807) is 20.8 Å². The Labute approximate surface area is 95.0 Å². The van der Waals surface area contributed by atoms with Crippen molar-refractivity contribution in [1.29, 1.82) is 0 Å². The fraction of sp³-hybridized carbons (Fsp3) is 0.900. The van der Waals surface area contributed by atoms with Crippen LogP contribution in [0.5, 0.6) is 0 Å². The molecule has 6 nitrogen and oxygen atoms in total. The molecule has 0 aromatic heterocycles. The second-order valence-electron chi connectivity index (χ2n) is 4.61. The number of hydrogen-bond donors (Lipinski definition) is 1. The monoisotopic (exact) mass is 233 g/mol. The number of aliphatic hydroxyl groups excluding tert-OH is 1. The number of hydroxylamine groups is 2. The van der Waals surface area contributed by atoms with Gasteiger partial charge in [0.2, 0.25) is 0 Å². The Bertz CT molecular complexity index is 238. The molecule has 94 valence electrons. The fourth-order valence-electron chi connectivity index (χ4n) is 1.27. The Morgan fingerprint density at radius 3 is 2.81 bits per heavy atom. The number of carbonyl (C=O) groups excluding carboxylic acids is 1. The van der Waals surface area contributed by atoms with Crippen LogP contribution in [-0.2, 0) is 14.3 Å². The van der Waals surface area contributed by atoms with Crippen LogP contribution in [0.1, 0.15) is 20.8 Å². The van der Waals surface area contributed by atoms with Gasteiger partial charge in [0.15, 0.2) is 0 Å². The number of aliphatic hydroxyl groups is 1. The maximum atomic E-state index is 11.4. The average molecular weight is 233 g/mol. The van der Waals surface area contributed by atoms with E-state index in [1.165, 1.54) is 5.06 Å². The average Bonchev–Trinajstić information content (AvgIpc) is 2.15. The molecule has 0 amide bonds. The largest absolute Gasteiger partial charge is 0.528 e. The minimum atomic E-state index is -0.757. The third-order valence-corrected chi connectivity index (χ3v) is 1.97. The highest BCUT2D eigenvalue weighted by atomic mass is 16.8. The van der Waals surface area contributed by atoms with Gasteiger partial charge < -0.3 is 19.4 Å². The standard InChI is InChI=1S/C10H19NO5/c1-10(2,3)15-9(13)16-11-4-5-14-7-8(11)6-12/h8,12H,4-7H2,1-3H3. The van der Waals surface area contributed by atoms with Crippen LogP contribution in [0.3, 0.4) is 0 Å². The molecule has 0 bridgehead atoms. The van der Waals surface area contributed by atoms with E-state index >= 15 is 0 Å². The number of ether oxygens (including phenoxy) is 2. The topological polar surface area (TPSA) is 68.2 Å².